The van der Waals surface area contributed by atoms with Crippen LogP contribution in [0.25, 0.3) is 0 Å². The molecule has 19 heavy (non-hydrogen) atoms. The molecule has 112 valence electrons. The molecule has 1 aliphatic rings. The number of rotatable bonds is 6. The van der Waals surface area contributed by atoms with Crippen molar-refractivity contribution in [3.63, 3.8) is 0 Å². The highest BCUT2D eigenvalue weighted by Gasteiger charge is 2.25. The molecule has 0 spiro atoms. The van der Waals surface area contributed by atoms with Gasteiger partial charge in [0, 0.05) is 32.2 Å². The summed E-state index contributed by atoms with van der Waals surface area (Å²) in [5, 5.41) is 0. The standard InChI is InChI=1S/C11H23N3O3S2/c1-10(12)3-8-18-9-11(15)13-4-6-14(7-5-13)19(2,16)17/h10H,3-9,12H2,1-2H3. The largest absolute Gasteiger partial charge is 0.339 e. The van der Waals surface area contributed by atoms with E-state index in [0.29, 0.717) is 31.9 Å². The summed E-state index contributed by atoms with van der Waals surface area (Å²) in [6, 6.07) is 0.168. The Kier molecular flexibility index (Phi) is 6.58. The number of carbonyl (C=O) groups is 1. The lowest BCUT2D eigenvalue weighted by Crippen LogP contribution is -2.50. The first-order valence-electron chi connectivity index (χ1n) is 6.37. The zero-order chi connectivity index (χ0) is 14.5. The Morgan fingerprint density at radius 1 is 1.32 bits per heavy atom. The lowest BCUT2D eigenvalue weighted by molar-refractivity contribution is -0.129. The fourth-order valence-electron chi connectivity index (χ4n) is 1.79. The number of amides is 1. The molecule has 1 saturated heterocycles. The topological polar surface area (TPSA) is 83.7 Å². The van der Waals surface area contributed by atoms with Crippen molar-refractivity contribution < 1.29 is 13.2 Å². The number of carbonyl (C=O) groups excluding carboxylic acids is 1. The van der Waals surface area contributed by atoms with Crippen LogP contribution in [-0.4, -0.2) is 73.5 Å². The van der Waals surface area contributed by atoms with Crippen molar-refractivity contribution in [2.75, 3.05) is 43.9 Å². The van der Waals surface area contributed by atoms with Gasteiger partial charge in [-0.05, 0) is 19.1 Å². The first-order chi connectivity index (χ1) is 8.80. The molecule has 0 radical (unpaired) electrons. The Morgan fingerprint density at radius 2 is 1.89 bits per heavy atom. The average molecular weight is 309 g/mol. The van der Waals surface area contributed by atoms with Crippen LogP contribution in [0.15, 0.2) is 0 Å². The second kappa shape index (κ2) is 7.47. The summed E-state index contributed by atoms with van der Waals surface area (Å²) in [6.45, 7) is 3.72. The molecule has 1 rings (SSSR count). The summed E-state index contributed by atoms with van der Waals surface area (Å²) in [5.74, 6) is 1.42. The van der Waals surface area contributed by atoms with E-state index in [4.69, 9.17) is 5.73 Å². The van der Waals surface area contributed by atoms with Crippen molar-refractivity contribution in [2.24, 2.45) is 5.73 Å². The first-order valence-corrected chi connectivity index (χ1v) is 9.37. The van der Waals surface area contributed by atoms with Gasteiger partial charge in [-0.3, -0.25) is 4.79 Å². The van der Waals surface area contributed by atoms with Crippen LogP contribution in [-0.2, 0) is 14.8 Å². The third kappa shape index (κ3) is 6.11. The molecule has 1 unspecified atom stereocenters. The van der Waals surface area contributed by atoms with Gasteiger partial charge in [-0.1, -0.05) is 0 Å². The number of hydrogen-bond acceptors (Lipinski definition) is 5. The summed E-state index contributed by atoms with van der Waals surface area (Å²) < 4.78 is 24.1. The maximum Gasteiger partial charge on any atom is 0.232 e. The summed E-state index contributed by atoms with van der Waals surface area (Å²) in [4.78, 5) is 13.6. The molecular weight excluding hydrogens is 286 g/mol. The third-order valence-electron chi connectivity index (χ3n) is 3.00. The highest BCUT2D eigenvalue weighted by Crippen LogP contribution is 2.10. The van der Waals surface area contributed by atoms with Gasteiger partial charge in [-0.15, -0.1) is 0 Å². The lowest BCUT2D eigenvalue weighted by Gasteiger charge is -2.33. The normalized spacial score (nSPS) is 19.4. The second-order valence-corrected chi connectivity index (χ2v) is 7.95. The summed E-state index contributed by atoms with van der Waals surface area (Å²) >= 11 is 1.59. The van der Waals surface area contributed by atoms with Gasteiger partial charge >= 0.3 is 0 Å². The van der Waals surface area contributed by atoms with E-state index in [1.54, 1.807) is 16.7 Å². The summed E-state index contributed by atoms with van der Waals surface area (Å²) in [6.07, 6.45) is 2.11. The SMILES string of the molecule is CC(N)CCSCC(=O)N1CCN(S(C)(=O)=O)CC1. The van der Waals surface area contributed by atoms with Crippen LogP contribution in [0.1, 0.15) is 13.3 Å². The van der Waals surface area contributed by atoms with Gasteiger partial charge in [-0.2, -0.15) is 16.1 Å². The molecule has 1 atom stereocenters. The maximum absolute atomic E-state index is 11.9. The molecule has 1 fully saturated rings. The molecule has 1 amide bonds. The van der Waals surface area contributed by atoms with Crippen LogP contribution in [0.2, 0.25) is 0 Å². The van der Waals surface area contributed by atoms with Crippen LogP contribution in [0, 0.1) is 0 Å². The van der Waals surface area contributed by atoms with E-state index < -0.39 is 10.0 Å². The summed E-state index contributed by atoms with van der Waals surface area (Å²) in [5.41, 5.74) is 5.64. The summed E-state index contributed by atoms with van der Waals surface area (Å²) in [7, 11) is -3.13. The van der Waals surface area contributed by atoms with Crippen molar-refractivity contribution in [2.45, 2.75) is 19.4 Å². The number of nitrogens with two attached hydrogens (primary N) is 1. The van der Waals surface area contributed by atoms with E-state index in [2.05, 4.69) is 0 Å². The van der Waals surface area contributed by atoms with E-state index in [1.807, 2.05) is 6.92 Å². The average Bonchev–Trinajstić information content (AvgIpc) is 2.33. The molecule has 0 aliphatic carbocycles. The number of sulfonamides is 1. The molecule has 1 heterocycles. The molecule has 0 aromatic heterocycles. The fourth-order valence-corrected chi connectivity index (χ4v) is 3.66. The predicted octanol–water partition coefficient (Wildman–Crippen LogP) is -0.439. The van der Waals surface area contributed by atoms with Crippen LogP contribution in [0.3, 0.4) is 0 Å². The minimum Gasteiger partial charge on any atom is -0.339 e. The lowest BCUT2D eigenvalue weighted by atomic mass is 10.3. The van der Waals surface area contributed by atoms with Crippen LogP contribution >= 0.6 is 11.8 Å². The number of nitrogens with zero attached hydrogens (tertiary/aromatic N) is 2. The molecule has 8 heteroatoms. The molecule has 6 nitrogen and oxygen atoms in total. The van der Waals surface area contributed by atoms with E-state index >= 15 is 0 Å². The molecule has 0 aromatic rings. The molecular formula is C11H23N3O3S2. The van der Waals surface area contributed by atoms with Crippen LogP contribution < -0.4 is 5.73 Å². The zero-order valence-electron chi connectivity index (χ0n) is 11.5. The highest BCUT2D eigenvalue weighted by atomic mass is 32.2. The number of thioether (sulfide) groups is 1. The number of piperazine rings is 1. The quantitative estimate of drug-likeness (QED) is 0.673. The number of hydrogen-bond donors (Lipinski definition) is 1. The molecule has 2 N–H and O–H groups in total. The van der Waals surface area contributed by atoms with Gasteiger partial charge in [0.05, 0.1) is 12.0 Å². The Balaban J connectivity index is 2.25. The highest BCUT2D eigenvalue weighted by molar-refractivity contribution is 7.99. The van der Waals surface area contributed by atoms with Crippen molar-refractivity contribution in [3.8, 4) is 0 Å². The van der Waals surface area contributed by atoms with Crippen LogP contribution in [0.5, 0.6) is 0 Å². The Bertz CT molecular complexity index is 390. The van der Waals surface area contributed by atoms with Crippen molar-refractivity contribution in [1.82, 2.24) is 9.21 Å². The minimum atomic E-state index is -3.13. The van der Waals surface area contributed by atoms with E-state index in [1.165, 1.54) is 10.6 Å². The van der Waals surface area contributed by atoms with Gasteiger partial charge in [0.15, 0.2) is 0 Å². The van der Waals surface area contributed by atoms with Gasteiger partial charge in [0.25, 0.3) is 0 Å². The third-order valence-corrected chi connectivity index (χ3v) is 5.28. The van der Waals surface area contributed by atoms with Crippen LogP contribution in [0.4, 0.5) is 0 Å². The minimum absolute atomic E-state index is 0.0859. The van der Waals surface area contributed by atoms with Gasteiger partial charge in [0.2, 0.25) is 15.9 Å². The van der Waals surface area contributed by atoms with E-state index in [0.717, 1.165) is 12.2 Å². The van der Waals surface area contributed by atoms with Gasteiger partial charge in [0.1, 0.15) is 0 Å². The maximum atomic E-state index is 11.9. The van der Waals surface area contributed by atoms with Crippen molar-refractivity contribution in [1.29, 1.82) is 0 Å². The molecule has 1 aliphatic heterocycles. The van der Waals surface area contributed by atoms with E-state index in [-0.39, 0.29) is 11.9 Å². The smallest absolute Gasteiger partial charge is 0.232 e. The van der Waals surface area contributed by atoms with Gasteiger partial charge in [-0.25, -0.2) is 8.42 Å². The molecule has 0 aromatic carbocycles. The first kappa shape index (κ1) is 16.7. The van der Waals surface area contributed by atoms with Crippen molar-refractivity contribution in [3.05, 3.63) is 0 Å². The van der Waals surface area contributed by atoms with E-state index in [9.17, 15) is 13.2 Å². The monoisotopic (exact) mass is 309 g/mol. The molecule has 0 bridgehead atoms. The predicted molar refractivity (Wildman–Crippen MR) is 78.6 cm³/mol. The Morgan fingerprint density at radius 3 is 2.37 bits per heavy atom. The van der Waals surface area contributed by atoms with Crippen molar-refractivity contribution >= 4 is 27.7 Å². The fraction of sp³-hybridized carbons (Fsp3) is 0.909. The zero-order valence-corrected chi connectivity index (χ0v) is 13.2. The Hall–Kier alpha value is -0.310. The molecule has 0 saturated carbocycles. The Labute approximate surface area is 119 Å². The second-order valence-electron chi connectivity index (χ2n) is 4.86. The van der Waals surface area contributed by atoms with Gasteiger partial charge < -0.3 is 10.6 Å².